The molecule has 1 aromatic rings. The van der Waals surface area contributed by atoms with Gasteiger partial charge in [0.2, 0.25) is 5.13 Å². The molecule has 3 heterocycles. The molecule has 1 aromatic heterocycles. The molecule has 0 spiro atoms. The minimum atomic E-state index is -0.664. The molecule has 2 bridgehead atoms. The number of carbonyl (C=O) groups is 1. The second-order valence-electron chi connectivity index (χ2n) is 4.73. The molecule has 0 aromatic carbocycles. The number of aliphatic carboxylic acids is 1. The molecular weight excluding hydrogens is 238 g/mol. The van der Waals surface area contributed by atoms with Crippen LogP contribution in [-0.4, -0.2) is 32.5 Å². The molecule has 5 nitrogen and oxygen atoms in total. The average Bonchev–Trinajstić information content (AvgIpc) is 3.00. The summed E-state index contributed by atoms with van der Waals surface area (Å²) in [5.74, 6) is -0.0201. The first kappa shape index (κ1) is 11.0. The number of carboxylic acids is 1. The molecule has 6 heteroatoms. The van der Waals surface area contributed by atoms with Crippen LogP contribution in [0.1, 0.15) is 32.0 Å². The third kappa shape index (κ3) is 1.62. The number of rotatable bonds is 3. The van der Waals surface area contributed by atoms with Crippen molar-refractivity contribution in [2.45, 2.75) is 44.7 Å². The summed E-state index contributed by atoms with van der Waals surface area (Å²) in [6, 6.07) is 0.494. The topological polar surface area (TPSA) is 66.3 Å². The van der Waals surface area contributed by atoms with Crippen LogP contribution in [-0.2, 0) is 11.2 Å². The third-order valence-corrected chi connectivity index (χ3v) is 4.62. The lowest BCUT2D eigenvalue weighted by Gasteiger charge is -2.21. The van der Waals surface area contributed by atoms with Gasteiger partial charge in [0.25, 0.3) is 0 Å². The van der Waals surface area contributed by atoms with Gasteiger partial charge in [0, 0.05) is 30.0 Å². The van der Waals surface area contributed by atoms with E-state index >= 15 is 0 Å². The van der Waals surface area contributed by atoms with Crippen LogP contribution in [0, 0.1) is 5.92 Å². The number of anilines is 1. The minimum absolute atomic E-state index is 0.134. The van der Waals surface area contributed by atoms with E-state index in [4.69, 9.17) is 0 Å². The Morgan fingerprint density at radius 3 is 3.00 bits per heavy atom. The molecule has 2 fully saturated rings. The van der Waals surface area contributed by atoms with E-state index in [1.54, 1.807) is 0 Å². The average molecular weight is 253 g/mol. The van der Waals surface area contributed by atoms with E-state index in [0.29, 0.717) is 6.04 Å². The highest BCUT2D eigenvalue weighted by Gasteiger charge is 2.50. The molecular formula is C11H15N3O2S. The van der Waals surface area contributed by atoms with E-state index in [2.05, 4.69) is 14.3 Å². The molecule has 0 saturated carbocycles. The maximum Gasteiger partial charge on any atom is 0.308 e. The number of fused-ring (bicyclic) bond motifs is 2. The molecule has 2 saturated heterocycles. The highest BCUT2D eigenvalue weighted by molar-refractivity contribution is 7.09. The highest BCUT2D eigenvalue weighted by Crippen LogP contribution is 2.44. The Balaban J connectivity index is 1.87. The molecule has 1 N–H and O–H groups in total. The van der Waals surface area contributed by atoms with Crippen molar-refractivity contribution in [3.8, 4) is 0 Å². The summed E-state index contributed by atoms with van der Waals surface area (Å²) in [6.07, 6.45) is 3.67. The fourth-order valence-corrected chi connectivity index (χ4v) is 3.93. The van der Waals surface area contributed by atoms with E-state index in [-0.39, 0.29) is 12.0 Å². The summed E-state index contributed by atoms with van der Waals surface area (Å²) < 4.78 is 4.29. The van der Waals surface area contributed by atoms with Crippen LogP contribution in [0.25, 0.3) is 0 Å². The van der Waals surface area contributed by atoms with Gasteiger partial charge in [-0.05, 0) is 19.3 Å². The van der Waals surface area contributed by atoms with Crippen LogP contribution in [0.4, 0.5) is 5.13 Å². The van der Waals surface area contributed by atoms with Crippen LogP contribution in [0.5, 0.6) is 0 Å². The van der Waals surface area contributed by atoms with Crippen molar-refractivity contribution in [3.05, 3.63) is 5.82 Å². The van der Waals surface area contributed by atoms with Gasteiger partial charge >= 0.3 is 5.97 Å². The lowest BCUT2D eigenvalue weighted by Crippen LogP contribution is -2.32. The Morgan fingerprint density at radius 1 is 1.59 bits per heavy atom. The smallest absolute Gasteiger partial charge is 0.308 e. The lowest BCUT2D eigenvalue weighted by atomic mass is 9.89. The van der Waals surface area contributed by atoms with Crippen molar-refractivity contribution < 1.29 is 9.90 Å². The van der Waals surface area contributed by atoms with Gasteiger partial charge in [-0.25, -0.2) is 4.98 Å². The third-order valence-electron chi connectivity index (χ3n) is 3.85. The zero-order valence-electron chi connectivity index (χ0n) is 9.67. The monoisotopic (exact) mass is 253 g/mol. The fourth-order valence-electron chi connectivity index (χ4n) is 3.05. The summed E-state index contributed by atoms with van der Waals surface area (Å²) >= 11 is 1.40. The maximum atomic E-state index is 11.2. The SMILES string of the molecule is CCc1nsc(N2C3CCC2C(C(=O)O)C3)n1. The highest BCUT2D eigenvalue weighted by atomic mass is 32.1. The molecule has 17 heavy (non-hydrogen) atoms. The second-order valence-corrected chi connectivity index (χ2v) is 5.46. The Kier molecular flexibility index (Phi) is 2.54. The van der Waals surface area contributed by atoms with Gasteiger partial charge in [0.15, 0.2) is 0 Å². The summed E-state index contributed by atoms with van der Waals surface area (Å²) in [5, 5.41) is 10.1. The predicted octanol–water partition coefficient (Wildman–Crippen LogP) is 1.54. The zero-order chi connectivity index (χ0) is 12.0. The van der Waals surface area contributed by atoms with E-state index in [0.717, 1.165) is 36.6 Å². The van der Waals surface area contributed by atoms with Gasteiger partial charge in [-0.1, -0.05) is 6.92 Å². The molecule has 0 aliphatic carbocycles. The first-order valence-corrected chi connectivity index (χ1v) is 6.81. The van der Waals surface area contributed by atoms with Crippen molar-refractivity contribution in [1.29, 1.82) is 0 Å². The first-order chi connectivity index (χ1) is 8.20. The lowest BCUT2D eigenvalue weighted by molar-refractivity contribution is -0.142. The minimum Gasteiger partial charge on any atom is -0.481 e. The van der Waals surface area contributed by atoms with Gasteiger partial charge in [0.05, 0.1) is 5.92 Å². The summed E-state index contributed by atoms with van der Waals surface area (Å²) in [5.41, 5.74) is 0. The summed E-state index contributed by atoms with van der Waals surface area (Å²) in [6.45, 7) is 2.03. The first-order valence-electron chi connectivity index (χ1n) is 6.04. The Morgan fingerprint density at radius 2 is 2.41 bits per heavy atom. The van der Waals surface area contributed by atoms with Crippen LogP contribution in [0.15, 0.2) is 0 Å². The molecule has 2 aliphatic rings. The molecule has 2 aliphatic heterocycles. The van der Waals surface area contributed by atoms with Gasteiger partial charge in [0.1, 0.15) is 5.82 Å². The van der Waals surface area contributed by atoms with Gasteiger partial charge in [-0.3, -0.25) is 4.79 Å². The Labute approximate surface area is 104 Å². The number of hydrogen-bond donors (Lipinski definition) is 1. The molecule has 92 valence electrons. The normalized spacial score (nSPS) is 31.1. The van der Waals surface area contributed by atoms with Gasteiger partial charge < -0.3 is 10.0 Å². The summed E-state index contributed by atoms with van der Waals surface area (Å²) in [4.78, 5) is 17.9. The Hall–Kier alpha value is -1.17. The molecule has 3 atom stereocenters. The van der Waals surface area contributed by atoms with Crippen molar-refractivity contribution in [1.82, 2.24) is 9.36 Å². The summed E-state index contributed by atoms with van der Waals surface area (Å²) in [7, 11) is 0. The van der Waals surface area contributed by atoms with Gasteiger partial charge in [-0.15, -0.1) is 0 Å². The number of nitrogens with zero attached hydrogens (tertiary/aromatic N) is 3. The predicted molar refractivity (Wildman–Crippen MR) is 64.3 cm³/mol. The number of aromatic nitrogens is 2. The van der Waals surface area contributed by atoms with E-state index in [1.807, 2.05) is 6.92 Å². The molecule has 3 unspecified atom stereocenters. The number of hydrogen-bond acceptors (Lipinski definition) is 5. The van der Waals surface area contributed by atoms with E-state index in [9.17, 15) is 9.90 Å². The number of carboxylic acid groups (broad SMARTS) is 1. The molecule has 0 amide bonds. The van der Waals surface area contributed by atoms with Gasteiger partial charge in [-0.2, -0.15) is 4.37 Å². The van der Waals surface area contributed by atoms with Crippen LogP contribution >= 0.6 is 11.5 Å². The second kappa shape index (κ2) is 3.94. The molecule has 0 radical (unpaired) electrons. The zero-order valence-corrected chi connectivity index (χ0v) is 10.5. The standard InChI is InChI=1S/C11H15N3O2S/c1-2-9-12-11(17-13-9)14-6-3-4-8(14)7(5-6)10(15)16/h6-8H,2-5H2,1H3,(H,15,16). The van der Waals surface area contributed by atoms with Crippen LogP contribution in [0.2, 0.25) is 0 Å². The maximum absolute atomic E-state index is 11.2. The van der Waals surface area contributed by atoms with Crippen molar-refractivity contribution in [2.24, 2.45) is 5.92 Å². The number of aryl methyl sites for hydroxylation is 1. The van der Waals surface area contributed by atoms with E-state index in [1.165, 1.54) is 11.5 Å². The van der Waals surface area contributed by atoms with Crippen molar-refractivity contribution in [2.75, 3.05) is 4.90 Å². The van der Waals surface area contributed by atoms with E-state index < -0.39 is 5.97 Å². The van der Waals surface area contributed by atoms with Crippen LogP contribution in [0.3, 0.4) is 0 Å². The van der Waals surface area contributed by atoms with Crippen LogP contribution < -0.4 is 4.90 Å². The van der Waals surface area contributed by atoms with Crippen molar-refractivity contribution >= 4 is 22.6 Å². The quantitative estimate of drug-likeness (QED) is 0.885. The Bertz CT molecular complexity index is 448. The molecule has 3 rings (SSSR count). The largest absolute Gasteiger partial charge is 0.481 e. The fraction of sp³-hybridized carbons (Fsp3) is 0.727. The van der Waals surface area contributed by atoms with Crippen molar-refractivity contribution in [3.63, 3.8) is 0 Å².